The Hall–Kier alpha value is -2.56. The number of nitrogens with one attached hydrogen (secondary N) is 1. The van der Waals surface area contributed by atoms with Crippen molar-refractivity contribution in [3.63, 3.8) is 0 Å². The molecule has 4 rings (SSSR count). The third kappa shape index (κ3) is 2.01. The van der Waals surface area contributed by atoms with Crippen LogP contribution in [0.15, 0.2) is 39.5 Å². The molecule has 0 unspecified atom stereocenters. The Labute approximate surface area is 120 Å². The second-order valence-corrected chi connectivity index (χ2v) is 5.51. The molecule has 0 aliphatic heterocycles. The molecular formula is C16H15N3O2. The van der Waals surface area contributed by atoms with Gasteiger partial charge < -0.3 is 10.2 Å². The van der Waals surface area contributed by atoms with E-state index in [0.717, 1.165) is 29.9 Å². The molecule has 3 N–H and O–H groups in total. The van der Waals surface area contributed by atoms with E-state index in [1.807, 2.05) is 30.3 Å². The number of nitrogens with two attached hydrogens (primary N) is 1. The van der Waals surface area contributed by atoms with Crippen molar-refractivity contribution in [1.29, 1.82) is 0 Å². The van der Waals surface area contributed by atoms with Gasteiger partial charge in [-0.05, 0) is 18.4 Å². The molecule has 5 nitrogen and oxygen atoms in total. The highest BCUT2D eigenvalue weighted by molar-refractivity contribution is 5.94. The average molecular weight is 281 g/mol. The third-order valence-corrected chi connectivity index (χ3v) is 3.93. The van der Waals surface area contributed by atoms with Crippen LogP contribution >= 0.6 is 0 Å². The molecule has 2 aromatic heterocycles. The van der Waals surface area contributed by atoms with Gasteiger partial charge in [-0.2, -0.15) is 5.10 Å². The zero-order valence-electron chi connectivity index (χ0n) is 11.4. The molecule has 1 aliphatic rings. The number of hydrogen-bond donors (Lipinski definition) is 2. The minimum Gasteiger partial charge on any atom is -0.464 e. The molecule has 5 heteroatoms. The maximum absolute atomic E-state index is 12.1. The predicted molar refractivity (Wildman–Crippen MR) is 80.3 cm³/mol. The van der Waals surface area contributed by atoms with Crippen LogP contribution in [0.25, 0.3) is 10.8 Å². The van der Waals surface area contributed by atoms with Gasteiger partial charge >= 0.3 is 0 Å². The van der Waals surface area contributed by atoms with Crippen molar-refractivity contribution in [3.8, 4) is 0 Å². The number of rotatable bonds is 3. The van der Waals surface area contributed by atoms with Crippen LogP contribution in [0.2, 0.25) is 0 Å². The van der Waals surface area contributed by atoms with Crippen molar-refractivity contribution >= 4 is 16.6 Å². The van der Waals surface area contributed by atoms with Crippen LogP contribution in [0.5, 0.6) is 0 Å². The van der Waals surface area contributed by atoms with Crippen LogP contribution in [0.3, 0.4) is 0 Å². The molecular weight excluding hydrogens is 266 g/mol. The molecule has 0 spiro atoms. The molecule has 3 aromatic rings. The fourth-order valence-electron chi connectivity index (χ4n) is 2.76. The third-order valence-electron chi connectivity index (χ3n) is 3.93. The maximum atomic E-state index is 12.1. The Morgan fingerprint density at radius 2 is 2.00 bits per heavy atom. The van der Waals surface area contributed by atoms with Crippen LogP contribution in [0, 0.1) is 0 Å². The molecule has 1 aliphatic carbocycles. The number of furan rings is 1. The SMILES string of the molecule is Nc1n[nH]c(=O)c2c(C3CC3)oc(Cc3ccccc3)c12. The Kier molecular flexibility index (Phi) is 2.60. The minimum absolute atomic E-state index is 0.218. The average Bonchev–Trinajstić information content (AvgIpc) is 3.27. The fourth-order valence-corrected chi connectivity index (χ4v) is 2.76. The summed E-state index contributed by atoms with van der Waals surface area (Å²) in [5.41, 5.74) is 6.87. The van der Waals surface area contributed by atoms with Crippen LogP contribution < -0.4 is 11.3 Å². The van der Waals surface area contributed by atoms with Gasteiger partial charge in [0.05, 0.1) is 10.8 Å². The van der Waals surface area contributed by atoms with Gasteiger partial charge in [0.25, 0.3) is 5.56 Å². The van der Waals surface area contributed by atoms with E-state index in [1.165, 1.54) is 0 Å². The highest BCUT2D eigenvalue weighted by Crippen LogP contribution is 2.45. The molecule has 0 atom stereocenters. The largest absolute Gasteiger partial charge is 0.464 e. The van der Waals surface area contributed by atoms with Crippen molar-refractivity contribution in [1.82, 2.24) is 10.2 Å². The van der Waals surface area contributed by atoms with E-state index in [-0.39, 0.29) is 5.56 Å². The Balaban J connectivity index is 1.93. The zero-order chi connectivity index (χ0) is 14.4. The van der Waals surface area contributed by atoms with E-state index in [1.54, 1.807) is 0 Å². The summed E-state index contributed by atoms with van der Waals surface area (Å²) < 4.78 is 6.01. The van der Waals surface area contributed by atoms with Crippen LogP contribution in [-0.4, -0.2) is 10.2 Å². The van der Waals surface area contributed by atoms with Gasteiger partial charge in [-0.3, -0.25) is 4.79 Å². The molecule has 1 aromatic carbocycles. The Bertz CT molecular complexity index is 860. The predicted octanol–water partition coefficient (Wildman–Crippen LogP) is 2.57. The van der Waals surface area contributed by atoms with Gasteiger partial charge in [0.15, 0.2) is 5.82 Å². The summed E-state index contributed by atoms with van der Waals surface area (Å²) in [6, 6.07) is 10.00. The topological polar surface area (TPSA) is 84.9 Å². The zero-order valence-corrected chi connectivity index (χ0v) is 11.4. The van der Waals surface area contributed by atoms with Crippen molar-refractivity contribution in [2.45, 2.75) is 25.2 Å². The first-order valence-corrected chi connectivity index (χ1v) is 7.07. The summed E-state index contributed by atoms with van der Waals surface area (Å²) in [5, 5.41) is 7.59. The summed E-state index contributed by atoms with van der Waals surface area (Å²) in [6.45, 7) is 0. The molecule has 0 amide bonds. The van der Waals surface area contributed by atoms with Crippen LogP contribution in [-0.2, 0) is 6.42 Å². The van der Waals surface area contributed by atoms with Crippen LogP contribution in [0.4, 0.5) is 5.82 Å². The van der Waals surface area contributed by atoms with E-state index >= 15 is 0 Å². The number of nitrogen functional groups attached to an aromatic ring is 1. The summed E-state index contributed by atoms with van der Waals surface area (Å²) in [4.78, 5) is 12.1. The maximum Gasteiger partial charge on any atom is 0.275 e. The molecule has 0 saturated heterocycles. The van der Waals surface area contributed by atoms with Crippen LogP contribution in [0.1, 0.15) is 35.8 Å². The van der Waals surface area contributed by atoms with E-state index < -0.39 is 0 Å². The smallest absolute Gasteiger partial charge is 0.275 e. The molecule has 0 bridgehead atoms. The van der Waals surface area contributed by atoms with E-state index in [4.69, 9.17) is 10.2 Å². The van der Waals surface area contributed by atoms with E-state index in [9.17, 15) is 4.79 Å². The molecule has 106 valence electrons. The monoisotopic (exact) mass is 281 g/mol. The molecule has 1 fully saturated rings. The van der Waals surface area contributed by atoms with E-state index in [0.29, 0.717) is 28.9 Å². The number of fused-ring (bicyclic) bond motifs is 1. The van der Waals surface area contributed by atoms with Crippen molar-refractivity contribution in [2.75, 3.05) is 5.73 Å². The van der Waals surface area contributed by atoms with Crippen molar-refractivity contribution in [2.24, 2.45) is 0 Å². The number of anilines is 1. The van der Waals surface area contributed by atoms with Gasteiger partial charge in [-0.1, -0.05) is 30.3 Å². The first-order chi connectivity index (χ1) is 10.2. The first-order valence-electron chi connectivity index (χ1n) is 7.07. The summed E-state index contributed by atoms with van der Waals surface area (Å²) >= 11 is 0. The van der Waals surface area contributed by atoms with E-state index in [2.05, 4.69) is 10.2 Å². The number of nitrogens with zero attached hydrogens (tertiary/aromatic N) is 1. The second-order valence-electron chi connectivity index (χ2n) is 5.51. The summed E-state index contributed by atoms with van der Waals surface area (Å²) in [7, 11) is 0. The van der Waals surface area contributed by atoms with Gasteiger partial charge in [-0.25, -0.2) is 5.10 Å². The minimum atomic E-state index is -0.218. The number of benzene rings is 1. The lowest BCUT2D eigenvalue weighted by molar-refractivity contribution is 0.480. The highest BCUT2D eigenvalue weighted by atomic mass is 16.3. The standard InChI is InChI=1S/C16H15N3O2/c17-15-12-11(8-9-4-2-1-3-5-9)21-14(10-6-7-10)13(12)16(20)19-18-15/h1-5,10H,6-8H2,(H2,17,18)(H,19,20). The lowest BCUT2D eigenvalue weighted by Crippen LogP contribution is -2.11. The molecule has 1 saturated carbocycles. The summed E-state index contributed by atoms with van der Waals surface area (Å²) in [5.74, 6) is 2.17. The van der Waals surface area contributed by atoms with Crippen molar-refractivity contribution < 1.29 is 4.42 Å². The quantitative estimate of drug-likeness (QED) is 0.772. The van der Waals surface area contributed by atoms with Gasteiger partial charge in [-0.15, -0.1) is 0 Å². The lowest BCUT2D eigenvalue weighted by atomic mass is 10.1. The molecule has 2 heterocycles. The Morgan fingerprint density at radius 3 is 2.71 bits per heavy atom. The highest BCUT2D eigenvalue weighted by Gasteiger charge is 2.32. The first kappa shape index (κ1) is 12.2. The number of aromatic amines is 1. The Morgan fingerprint density at radius 1 is 1.24 bits per heavy atom. The van der Waals surface area contributed by atoms with Gasteiger partial charge in [0.2, 0.25) is 0 Å². The molecule has 21 heavy (non-hydrogen) atoms. The number of H-pyrrole nitrogens is 1. The fraction of sp³-hybridized carbons (Fsp3) is 0.250. The molecule has 0 radical (unpaired) electrons. The normalized spacial score (nSPS) is 14.7. The summed E-state index contributed by atoms with van der Waals surface area (Å²) in [6.07, 6.45) is 2.74. The van der Waals surface area contributed by atoms with Gasteiger partial charge in [0, 0.05) is 12.3 Å². The van der Waals surface area contributed by atoms with Crippen molar-refractivity contribution in [3.05, 3.63) is 57.8 Å². The van der Waals surface area contributed by atoms with Gasteiger partial charge in [0.1, 0.15) is 11.5 Å². The second kappa shape index (κ2) is 4.48. The lowest BCUT2D eigenvalue weighted by Gasteiger charge is -2.00. The number of aromatic nitrogens is 2. The number of hydrogen-bond acceptors (Lipinski definition) is 4.